The van der Waals surface area contributed by atoms with Crippen LogP contribution in [-0.4, -0.2) is 11.8 Å². The van der Waals surface area contributed by atoms with Gasteiger partial charge in [-0.05, 0) is 48.9 Å². The van der Waals surface area contributed by atoms with Crippen molar-refractivity contribution in [2.75, 3.05) is 5.32 Å². The van der Waals surface area contributed by atoms with E-state index in [0.717, 1.165) is 5.56 Å². The Labute approximate surface area is 139 Å². The smallest absolute Gasteiger partial charge is 0.251 e. The van der Waals surface area contributed by atoms with Crippen LogP contribution in [0.25, 0.3) is 0 Å². The fourth-order valence-corrected chi connectivity index (χ4v) is 2.10. The van der Waals surface area contributed by atoms with Gasteiger partial charge in [-0.2, -0.15) is 5.26 Å². The fourth-order valence-electron chi connectivity index (χ4n) is 2.10. The molecule has 0 fully saturated rings. The zero-order chi connectivity index (χ0) is 17.5. The summed E-state index contributed by atoms with van der Waals surface area (Å²) in [4.78, 5) is 23.5. The number of nitrogens with one attached hydrogen (secondary N) is 2. The highest BCUT2D eigenvalue weighted by Crippen LogP contribution is 2.15. The van der Waals surface area contributed by atoms with Crippen LogP contribution in [0.15, 0.2) is 48.5 Å². The monoisotopic (exact) mass is 325 g/mol. The van der Waals surface area contributed by atoms with Gasteiger partial charge in [0, 0.05) is 11.3 Å². The van der Waals surface area contributed by atoms with Crippen LogP contribution >= 0.6 is 0 Å². The summed E-state index contributed by atoms with van der Waals surface area (Å²) in [5.74, 6) is -1.01. The van der Waals surface area contributed by atoms with E-state index in [4.69, 9.17) is 5.26 Å². The largest absolute Gasteiger partial charge is 0.346 e. The van der Waals surface area contributed by atoms with Gasteiger partial charge in [0.15, 0.2) is 0 Å². The molecule has 2 N–H and O–H groups in total. The number of carbonyl (C=O) groups is 2. The number of anilines is 1. The van der Waals surface area contributed by atoms with Crippen molar-refractivity contribution in [1.29, 1.82) is 5.26 Å². The second-order valence-electron chi connectivity index (χ2n) is 5.21. The number of halogens is 1. The zero-order valence-corrected chi connectivity index (χ0v) is 13.0. The van der Waals surface area contributed by atoms with Crippen LogP contribution < -0.4 is 10.6 Å². The van der Waals surface area contributed by atoms with E-state index in [0.29, 0.717) is 11.3 Å². The molecule has 0 saturated carbocycles. The SMILES string of the molecule is C[C@H](NC(=O)c1ccc(NC(=O)CC#N)cc1)c1ccc(F)cc1. The standard InChI is InChI=1S/C18H16FN3O2/c1-12(13-2-6-15(19)7-3-13)21-18(24)14-4-8-16(9-5-14)22-17(23)10-11-20/h2-9,12H,10H2,1H3,(H,21,24)(H,22,23)/t12-/m0/s1. The molecule has 6 heteroatoms. The normalized spacial score (nSPS) is 11.2. The molecule has 0 spiro atoms. The van der Waals surface area contributed by atoms with Gasteiger partial charge >= 0.3 is 0 Å². The minimum absolute atomic E-state index is 0.225. The molecule has 2 aromatic carbocycles. The predicted octanol–water partition coefficient (Wildman–Crippen LogP) is 3.17. The van der Waals surface area contributed by atoms with Crippen LogP contribution in [0.5, 0.6) is 0 Å². The predicted molar refractivity (Wildman–Crippen MR) is 87.6 cm³/mol. The third-order valence-electron chi connectivity index (χ3n) is 3.39. The molecule has 0 radical (unpaired) electrons. The summed E-state index contributed by atoms with van der Waals surface area (Å²) in [6, 6.07) is 13.8. The molecule has 0 aliphatic heterocycles. The van der Waals surface area contributed by atoms with E-state index in [1.807, 2.05) is 6.92 Å². The molecule has 24 heavy (non-hydrogen) atoms. The molecule has 122 valence electrons. The Bertz CT molecular complexity index is 764. The molecule has 0 heterocycles. The minimum atomic E-state index is -0.403. The highest BCUT2D eigenvalue weighted by Gasteiger charge is 2.12. The molecule has 2 aromatic rings. The lowest BCUT2D eigenvalue weighted by atomic mass is 10.1. The maximum atomic E-state index is 12.9. The molecule has 0 aliphatic rings. The molecule has 0 unspecified atom stereocenters. The average Bonchev–Trinajstić information content (AvgIpc) is 2.56. The lowest BCUT2D eigenvalue weighted by molar-refractivity contribution is -0.115. The maximum absolute atomic E-state index is 12.9. The van der Waals surface area contributed by atoms with E-state index < -0.39 is 5.91 Å². The van der Waals surface area contributed by atoms with Gasteiger partial charge in [0.1, 0.15) is 12.2 Å². The van der Waals surface area contributed by atoms with Gasteiger partial charge in [-0.25, -0.2) is 4.39 Å². The topological polar surface area (TPSA) is 82.0 Å². The summed E-state index contributed by atoms with van der Waals surface area (Å²) >= 11 is 0. The minimum Gasteiger partial charge on any atom is -0.346 e. The summed E-state index contributed by atoms with van der Waals surface area (Å²) in [5.41, 5.74) is 1.74. The van der Waals surface area contributed by atoms with E-state index in [-0.39, 0.29) is 24.2 Å². The molecule has 0 saturated heterocycles. The Balaban J connectivity index is 1.98. The highest BCUT2D eigenvalue weighted by atomic mass is 19.1. The van der Waals surface area contributed by atoms with Crippen LogP contribution in [0.4, 0.5) is 10.1 Å². The molecule has 1 atom stereocenters. The molecular formula is C18H16FN3O2. The average molecular weight is 325 g/mol. The summed E-state index contributed by atoms with van der Waals surface area (Å²) in [5, 5.41) is 13.8. The van der Waals surface area contributed by atoms with E-state index in [1.54, 1.807) is 42.5 Å². The fraction of sp³-hybridized carbons (Fsp3) is 0.167. The highest BCUT2D eigenvalue weighted by molar-refractivity contribution is 5.96. The van der Waals surface area contributed by atoms with Gasteiger partial charge < -0.3 is 10.6 Å². The van der Waals surface area contributed by atoms with Gasteiger partial charge in [-0.15, -0.1) is 0 Å². The Morgan fingerprint density at radius 3 is 2.33 bits per heavy atom. The first-order chi connectivity index (χ1) is 11.5. The quantitative estimate of drug-likeness (QED) is 0.886. The molecule has 0 aromatic heterocycles. The van der Waals surface area contributed by atoms with Crippen LogP contribution in [0.1, 0.15) is 35.3 Å². The number of nitriles is 1. The van der Waals surface area contributed by atoms with Crippen molar-refractivity contribution in [3.63, 3.8) is 0 Å². The van der Waals surface area contributed by atoms with E-state index in [2.05, 4.69) is 10.6 Å². The Hall–Kier alpha value is -3.20. The van der Waals surface area contributed by atoms with Crippen molar-refractivity contribution in [3.05, 3.63) is 65.5 Å². The molecule has 5 nitrogen and oxygen atoms in total. The second-order valence-corrected chi connectivity index (χ2v) is 5.21. The number of nitrogens with zero attached hydrogens (tertiary/aromatic N) is 1. The third-order valence-corrected chi connectivity index (χ3v) is 3.39. The second kappa shape index (κ2) is 7.88. The lowest BCUT2D eigenvalue weighted by Gasteiger charge is -2.14. The molecule has 0 bridgehead atoms. The van der Waals surface area contributed by atoms with Gasteiger partial charge in [0.25, 0.3) is 5.91 Å². The number of carbonyl (C=O) groups excluding carboxylic acids is 2. The number of rotatable bonds is 5. The van der Waals surface area contributed by atoms with Crippen molar-refractivity contribution in [2.45, 2.75) is 19.4 Å². The van der Waals surface area contributed by atoms with Crippen molar-refractivity contribution in [1.82, 2.24) is 5.32 Å². The summed E-state index contributed by atoms with van der Waals surface area (Å²) in [7, 11) is 0. The maximum Gasteiger partial charge on any atom is 0.251 e. The number of amides is 2. The Morgan fingerprint density at radius 1 is 1.12 bits per heavy atom. The summed E-state index contributed by atoms with van der Waals surface area (Å²) in [6.45, 7) is 1.81. The van der Waals surface area contributed by atoms with Crippen LogP contribution in [0, 0.1) is 17.1 Å². The van der Waals surface area contributed by atoms with Crippen LogP contribution in [0.2, 0.25) is 0 Å². The van der Waals surface area contributed by atoms with E-state index >= 15 is 0 Å². The van der Waals surface area contributed by atoms with Gasteiger partial charge in [-0.3, -0.25) is 9.59 Å². The van der Waals surface area contributed by atoms with Crippen molar-refractivity contribution in [3.8, 4) is 6.07 Å². The third kappa shape index (κ3) is 4.65. The van der Waals surface area contributed by atoms with Crippen LogP contribution in [0.3, 0.4) is 0 Å². The van der Waals surface area contributed by atoms with Gasteiger partial charge in [0.05, 0.1) is 12.1 Å². The first-order valence-corrected chi connectivity index (χ1v) is 7.33. The van der Waals surface area contributed by atoms with E-state index in [9.17, 15) is 14.0 Å². The molecule has 0 aliphatic carbocycles. The van der Waals surface area contributed by atoms with Gasteiger partial charge in [-0.1, -0.05) is 12.1 Å². The number of hydrogen-bond donors (Lipinski definition) is 2. The summed E-state index contributed by atoms with van der Waals surface area (Å²) in [6.07, 6.45) is -0.225. The molecule has 2 amide bonds. The number of hydrogen-bond acceptors (Lipinski definition) is 3. The van der Waals surface area contributed by atoms with Crippen molar-refractivity contribution >= 4 is 17.5 Å². The van der Waals surface area contributed by atoms with Crippen LogP contribution in [-0.2, 0) is 4.79 Å². The Kier molecular flexibility index (Phi) is 5.63. The first kappa shape index (κ1) is 17.2. The van der Waals surface area contributed by atoms with Crippen molar-refractivity contribution < 1.29 is 14.0 Å². The van der Waals surface area contributed by atoms with E-state index in [1.165, 1.54) is 12.1 Å². The van der Waals surface area contributed by atoms with Gasteiger partial charge in [0.2, 0.25) is 5.91 Å². The zero-order valence-electron chi connectivity index (χ0n) is 13.0. The molecular weight excluding hydrogens is 309 g/mol. The lowest BCUT2D eigenvalue weighted by Crippen LogP contribution is -2.26. The Morgan fingerprint density at radius 2 is 1.75 bits per heavy atom. The number of benzene rings is 2. The summed E-state index contributed by atoms with van der Waals surface area (Å²) < 4.78 is 12.9. The first-order valence-electron chi connectivity index (χ1n) is 7.33. The van der Waals surface area contributed by atoms with Crippen molar-refractivity contribution in [2.24, 2.45) is 0 Å². The molecule has 2 rings (SSSR count).